The summed E-state index contributed by atoms with van der Waals surface area (Å²) in [5.41, 5.74) is 3.68. The third-order valence-corrected chi connectivity index (χ3v) is 4.44. The summed E-state index contributed by atoms with van der Waals surface area (Å²) < 4.78 is 0. The van der Waals surface area contributed by atoms with E-state index in [1.54, 1.807) is 0 Å². The molecule has 2 aromatic rings. The van der Waals surface area contributed by atoms with Crippen molar-refractivity contribution in [2.45, 2.75) is 38.8 Å². The standard InChI is InChI=1S/C19H21NO/c1-14-12-17-10-6-7-11-18(17)13-19(21)20(14)15(2)16-8-4-3-5-9-16/h3-11,14-15H,12-13H2,1-2H3/t14?,15-/m0/s1. The molecule has 0 radical (unpaired) electrons. The van der Waals surface area contributed by atoms with Crippen LogP contribution in [-0.2, 0) is 17.6 Å². The second-order valence-electron chi connectivity index (χ2n) is 5.89. The fourth-order valence-electron chi connectivity index (χ4n) is 3.34. The van der Waals surface area contributed by atoms with Gasteiger partial charge in [-0.15, -0.1) is 0 Å². The summed E-state index contributed by atoms with van der Waals surface area (Å²) in [7, 11) is 0. The highest BCUT2D eigenvalue weighted by Crippen LogP contribution is 2.28. The molecule has 3 rings (SSSR count). The third kappa shape index (κ3) is 2.71. The molecular formula is C19H21NO. The Balaban J connectivity index is 1.92. The Morgan fingerprint density at radius 1 is 1.00 bits per heavy atom. The highest BCUT2D eigenvalue weighted by molar-refractivity contribution is 5.80. The van der Waals surface area contributed by atoms with Crippen molar-refractivity contribution in [3.63, 3.8) is 0 Å². The van der Waals surface area contributed by atoms with Crippen LogP contribution in [0.1, 0.15) is 36.6 Å². The summed E-state index contributed by atoms with van der Waals surface area (Å²) in [5, 5.41) is 0. The third-order valence-electron chi connectivity index (χ3n) is 4.44. The lowest BCUT2D eigenvalue weighted by Gasteiger charge is -2.33. The van der Waals surface area contributed by atoms with E-state index in [1.165, 1.54) is 16.7 Å². The molecule has 0 saturated heterocycles. The predicted octanol–water partition coefficient (Wildman–Crippen LogP) is 3.76. The van der Waals surface area contributed by atoms with Gasteiger partial charge >= 0.3 is 0 Å². The fraction of sp³-hybridized carbons (Fsp3) is 0.316. The molecule has 2 nitrogen and oxygen atoms in total. The second-order valence-corrected chi connectivity index (χ2v) is 5.89. The molecule has 0 aromatic heterocycles. The number of hydrogen-bond acceptors (Lipinski definition) is 1. The molecule has 2 heteroatoms. The molecule has 1 aliphatic heterocycles. The summed E-state index contributed by atoms with van der Waals surface area (Å²) in [5.74, 6) is 0.226. The van der Waals surface area contributed by atoms with Crippen molar-refractivity contribution >= 4 is 5.91 Å². The smallest absolute Gasteiger partial charge is 0.227 e. The molecule has 0 saturated carbocycles. The highest BCUT2D eigenvalue weighted by atomic mass is 16.2. The van der Waals surface area contributed by atoms with Gasteiger partial charge in [0, 0.05) is 6.04 Å². The number of nitrogens with zero attached hydrogens (tertiary/aromatic N) is 1. The van der Waals surface area contributed by atoms with E-state index in [0.717, 1.165) is 6.42 Å². The maximum atomic E-state index is 12.7. The van der Waals surface area contributed by atoms with Crippen LogP contribution in [0.2, 0.25) is 0 Å². The van der Waals surface area contributed by atoms with E-state index in [9.17, 15) is 4.79 Å². The lowest BCUT2D eigenvalue weighted by molar-refractivity contribution is -0.134. The molecule has 0 N–H and O–H groups in total. The summed E-state index contributed by atoms with van der Waals surface area (Å²) >= 11 is 0. The molecule has 0 fully saturated rings. The largest absolute Gasteiger partial charge is 0.333 e. The van der Waals surface area contributed by atoms with Crippen LogP contribution in [0.5, 0.6) is 0 Å². The number of carbonyl (C=O) groups excluding carboxylic acids is 1. The molecule has 1 heterocycles. The molecule has 2 atom stereocenters. The van der Waals surface area contributed by atoms with Gasteiger partial charge in [0.25, 0.3) is 0 Å². The van der Waals surface area contributed by atoms with Crippen molar-refractivity contribution in [3.8, 4) is 0 Å². The Bertz CT molecular complexity index is 635. The van der Waals surface area contributed by atoms with E-state index in [2.05, 4.69) is 49.1 Å². The number of fused-ring (bicyclic) bond motifs is 1. The molecule has 1 amide bonds. The molecule has 0 spiro atoms. The minimum atomic E-state index is 0.114. The maximum absolute atomic E-state index is 12.7. The Morgan fingerprint density at radius 2 is 1.62 bits per heavy atom. The number of benzene rings is 2. The SMILES string of the molecule is CC1Cc2ccccc2CC(=O)N1[C@@H](C)c1ccccc1. The Kier molecular flexibility index (Phi) is 3.78. The Hall–Kier alpha value is -2.09. The van der Waals surface area contributed by atoms with E-state index in [0.29, 0.717) is 6.42 Å². The normalized spacial score (nSPS) is 19.8. The molecule has 1 unspecified atom stereocenters. The summed E-state index contributed by atoms with van der Waals surface area (Å²) in [4.78, 5) is 14.8. The van der Waals surface area contributed by atoms with Gasteiger partial charge in [0.05, 0.1) is 12.5 Å². The van der Waals surface area contributed by atoms with Gasteiger partial charge in [-0.1, -0.05) is 54.6 Å². The van der Waals surface area contributed by atoms with Crippen LogP contribution < -0.4 is 0 Å². The van der Waals surface area contributed by atoms with Gasteiger partial charge in [-0.2, -0.15) is 0 Å². The van der Waals surface area contributed by atoms with Crippen molar-refractivity contribution in [1.29, 1.82) is 0 Å². The van der Waals surface area contributed by atoms with Gasteiger partial charge in [-0.3, -0.25) is 4.79 Å². The number of carbonyl (C=O) groups is 1. The van der Waals surface area contributed by atoms with Crippen LogP contribution in [0, 0.1) is 0 Å². The zero-order valence-electron chi connectivity index (χ0n) is 12.6. The van der Waals surface area contributed by atoms with Gasteiger partial charge in [0.2, 0.25) is 5.91 Å². The van der Waals surface area contributed by atoms with Crippen LogP contribution in [0.4, 0.5) is 0 Å². The summed E-state index contributed by atoms with van der Waals surface area (Å²) in [6.45, 7) is 4.28. The van der Waals surface area contributed by atoms with Gasteiger partial charge in [0.1, 0.15) is 0 Å². The van der Waals surface area contributed by atoms with E-state index < -0.39 is 0 Å². The molecule has 0 aliphatic carbocycles. The van der Waals surface area contributed by atoms with Crippen LogP contribution in [0.25, 0.3) is 0 Å². The van der Waals surface area contributed by atoms with E-state index in [4.69, 9.17) is 0 Å². The topological polar surface area (TPSA) is 20.3 Å². The molecule has 108 valence electrons. The monoisotopic (exact) mass is 279 g/mol. The zero-order chi connectivity index (χ0) is 14.8. The molecular weight excluding hydrogens is 258 g/mol. The predicted molar refractivity (Wildman–Crippen MR) is 85.0 cm³/mol. The first-order valence-electron chi connectivity index (χ1n) is 7.59. The van der Waals surface area contributed by atoms with Crippen molar-refractivity contribution in [1.82, 2.24) is 4.90 Å². The van der Waals surface area contributed by atoms with Crippen molar-refractivity contribution in [2.24, 2.45) is 0 Å². The lowest BCUT2D eigenvalue weighted by atomic mass is 10.0. The Labute approximate surface area is 126 Å². The minimum Gasteiger partial charge on any atom is -0.333 e. The molecule has 2 aromatic carbocycles. The quantitative estimate of drug-likeness (QED) is 0.819. The van der Waals surface area contributed by atoms with Crippen LogP contribution >= 0.6 is 0 Å². The van der Waals surface area contributed by atoms with Crippen molar-refractivity contribution in [3.05, 3.63) is 71.3 Å². The number of hydrogen-bond donors (Lipinski definition) is 0. The van der Waals surface area contributed by atoms with Gasteiger partial charge < -0.3 is 4.90 Å². The fourth-order valence-corrected chi connectivity index (χ4v) is 3.34. The first kappa shape index (κ1) is 13.9. The number of rotatable bonds is 2. The van der Waals surface area contributed by atoms with Crippen molar-refractivity contribution < 1.29 is 4.79 Å². The maximum Gasteiger partial charge on any atom is 0.227 e. The van der Waals surface area contributed by atoms with Gasteiger partial charge in [-0.05, 0) is 37.0 Å². The average molecular weight is 279 g/mol. The van der Waals surface area contributed by atoms with E-state index >= 15 is 0 Å². The van der Waals surface area contributed by atoms with E-state index in [1.807, 2.05) is 24.3 Å². The number of amides is 1. The zero-order valence-corrected chi connectivity index (χ0v) is 12.6. The second kappa shape index (κ2) is 5.72. The van der Waals surface area contributed by atoms with Crippen LogP contribution in [-0.4, -0.2) is 16.8 Å². The van der Waals surface area contributed by atoms with Crippen LogP contribution in [0.3, 0.4) is 0 Å². The first-order valence-corrected chi connectivity index (χ1v) is 7.59. The van der Waals surface area contributed by atoms with Crippen molar-refractivity contribution in [2.75, 3.05) is 0 Å². The summed E-state index contributed by atoms with van der Waals surface area (Å²) in [6, 6.07) is 18.9. The molecule has 21 heavy (non-hydrogen) atoms. The summed E-state index contributed by atoms with van der Waals surface area (Å²) in [6.07, 6.45) is 1.44. The van der Waals surface area contributed by atoms with Gasteiger partial charge in [0.15, 0.2) is 0 Å². The van der Waals surface area contributed by atoms with Gasteiger partial charge in [-0.25, -0.2) is 0 Å². The van der Waals surface area contributed by atoms with Crippen LogP contribution in [0.15, 0.2) is 54.6 Å². The van der Waals surface area contributed by atoms with E-state index in [-0.39, 0.29) is 18.0 Å². The first-order chi connectivity index (χ1) is 10.2. The molecule has 1 aliphatic rings. The minimum absolute atomic E-state index is 0.114. The Morgan fingerprint density at radius 3 is 2.33 bits per heavy atom. The highest BCUT2D eigenvalue weighted by Gasteiger charge is 2.30. The molecule has 0 bridgehead atoms. The average Bonchev–Trinajstić information content (AvgIpc) is 2.62. The lowest BCUT2D eigenvalue weighted by Crippen LogP contribution is -2.40.